The van der Waals surface area contributed by atoms with Crippen LogP contribution in [0.15, 0.2) is 46.9 Å². The second-order valence-electron chi connectivity index (χ2n) is 3.95. The summed E-state index contributed by atoms with van der Waals surface area (Å²) in [7, 11) is 0. The maximum absolute atomic E-state index is 10.3. The van der Waals surface area contributed by atoms with E-state index in [0.29, 0.717) is 5.02 Å². The van der Waals surface area contributed by atoms with E-state index in [1.165, 1.54) is 0 Å². The van der Waals surface area contributed by atoms with Crippen molar-refractivity contribution >= 4 is 27.5 Å². The Hall–Kier alpha value is -0.830. The zero-order valence-corrected chi connectivity index (χ0v) is 11.7. The van der Waals surface area contributed by atoms with Crippen molar-refractivity contribution in [1.29, 1.82) is 0 Å². The minimum Gasteiger partial charge on any atom is -0.384 e. The van der Waals surface area contributed by atoms with E-state index < -0.39 is 6.10 Å². The van der Waals surface area contributed by atoms with Gasteiger partial charge in [-0.3, -0.25) is 0 Å². The van der Waals surface area contributed by atoms with Crippen molar-refractivity contribution < 1.29 is 5.11 Å². The van der Waals surface area contributed by atoms with E-state index in [0.717, 1.165) is 21.2 Å². The fourth-order valence-electron chi connectivity index (χ4n) is 1.77. The molecule has 0 amide bonds. The zero-order valence-electron chi connectivity index (χ0n) is 9.32. The summed E-state index contributed by atoms with van der Waals surface area (Å²) in [6.07, 6.45) is -0.611. The molecule has 0 aliphatic rings. The second kappa shape index (κ2) is 5.21. The van der Waals surface area contributed by atoms with Gasteiger partial charge in [-0.25, -0.2) is 0 Å². The van der Waals surface area contributed by atoms with Gasteiger partial charge in [0.25, 0.3) is 0 Å². The lowest BCUT2D eigenvalue weighted by Crippen LogP contribution is -2.01. The highest BCUT2D eigenvalue weighted by molar-refractivity contribution is 9.10. The highest BCUT2D eigenvalue weighted by Crippen LogP contribution is 2.27. The standard InChI is InChI=1S/C14H12BrClO/c1-9-8-12(16)6-7-13(9)14(17)10-2-4-11(15)5-3-10/h2-8,14,17H,1H3/t14-/m1/s1. The quantitative estimate of drug-likeness (QED) is 0.866. The molecule has 0 spiro atoms. The Bertz CT molecular complexity index is 522. The van der Waals surface area contributed by atoms with Gasteiger partial charge in [-0.05, 0) is 47.9 Å². The molecule has 0 aliphatic carbocycles. The first-order chi connectivity index (χ1) is 8.08. The first kappa shape index (κ1) is 12.6. The van der Waals surface area contributed by atoms with Crippen LogP contribution >= 0.6 is 27.5 Å². The largest absolute Gasteiger partial charge is 0.384 e. The third-order valence-corrected chi connectivity index (χ3v) is 3.48. The molecule has 1 nitrogen and oxygen atoms in total. The maximum Gasteiger partial charge on any atom is 0.104 e. The molecule has 2 aromatic carbocycles. The summed E-state index contributed by atoms with van der Waals surface area (Å²) >= 11 is 9.28. The van der Waals surface area contributed by atoms with Gasteiger partial charge in [0.1, 0.15) is 6.10 Å². The number of aliphatic hydroxyl groups is 1. The minimum atomic E-state index is -0.611. The first-order valence-corrected chi connectivity index (χ1v) is 6.44. The van der Waals surface area contributed by atoms with E-state index in [4.69, 9.17) is 11.6 Å². The van der Waals surface area contributed by atoms with E-state index in [1.807, 2.05) is 43.3 Å². The van der Waals surface area contributed by atoms with Crippen molar-refractivity contribution in [3.05, 3.63) is 68.7 Å². The lowest BCUT2D eigenvalue weighted by molar-refractivity contribution is 0.219. The Labute approximate surface area is 114 Å². The predicted molar refractivity (Wildman–Crippen MR) is 74.4 cm³/mol. The van der Waals surface area contributed by atoms with E-state index in [1.54, 1.807) is 6.07 Å². The van der Waals surface area contributed by atoms with E-state index in [2.05, 4.69) is 15.9 Å². The van der Waals surface area contributed by atoms with Crippen molar-refractivity contribution in [2.45, 2.75) is 13.0 Å². The summed E-state index contributed by atoms with van der Waals surface area (Å²) in [4.78, 5) is 0. The van der Waals surface area contributed by atoms with E-state index in [9.17, 15) is 5.11 Å². The van der Waals surface area contributed by atoms with Crippen LogP contribution in [0.25, 0.3) is 0 Å². The molecule has 1 N–H and O–H groups in total. The zero-order chi connectivity index (χ0) is 12.4. The Morgan fingerprint density at radius 1 is 1.12 bits per heavy atom. The molecule has 1 atom stereocenters. The SMILES string of the molecule is Cc1cc(Cl)ccc1[C@H](O)c1ccc(Br)cc1. The fraction of sp³-hybridized carbons (Fsp3) is 0.143. The third kappa shape index (κ3) is 2.89. The van der Waals surface area contributed by atoms with Crippen molar-refractivity contribution in [3.8, 4) is 0 Å². The molecular formula is C14H12BrClO. The van der Waals surface area contributed by atoms with Crippen LogP contribution in [0.2, 0.25) is 5.02 Å². The summed E-state index contributed by atoms with van der Waals surface area (Å²) in [5, 5.41) is 11.0. The average Bonchev–Trinajstić information content (AvgIpc) is 2.29. The van der Waals surface area contributed by atoms with Crippen molar-refractivity contribution in [1.82, 2.24) is 0 Å². The van der Waals surface area contributed by atoms with Crippen LogP contribution in [0.1, 0.15) is 22.8 Å². The summed E-state index contributed by atoms with van der Waals surface area (Å²) in [6, 6.07) is 13.2. The van der Waals surface area contributed by atoms with Crippen molar-refractivity contribution in [2.75, 3.05) is 0 Å². The van der Waals surface area contributed by atoms with Crippen LogP contribution in [0.3, 0.4) is 0 Å². The predicted octanol–water partition coefficient (Wildman–Crippen LogP) is 4.49. The Morgan fingerprint density at radius 2 is 1.76 bits per heavy atom. The number of halogens is 2. The molecule has 88 valence electrons. The van der Waals surface area contributed by atoms with Gasteiger partial charge in [-0.2, -0.15) is 0 Å². The molecule has 0 aromatic heterocycles. The summed E-state index contributed by atoms with van der Waals surface area (Å²) in [6.45, 7) is 1.95. The van der Waals surface area contributed by atoms with Crippen molar-refractivity contribution in [3.63, 3.8) is 0 Å². The van der Waals surface area contributed by atoms with Gasteiger partial charge in [0.2, 0.25) is 0 Å². The van der Waals surface area contributed by atoms with Crippen LogP contribution in [-0.2, 0) is 0 Å². The summed E-state index contributed by atoms with van der Waals surface area (Å²) in [5.41, 5.74) is 2.75. The molecule has 0 saturated heterocycles. The molecule has 2 aromatic rings. The molecular weight excluding hydrogens is 300 g/mol. The fourth-order valence-corrected chi connectivity index (χ4v) is 2.26. The lowest BCUT2D eigenvalue weighted by Gasteiger charge is -2.14. The topological polar surface area (TPSA) is 20.2 Å². The molecule has 0 radical (unpaired) electrons. The first-order valence-electron chi connectivity index (χ1n) is 5.27. The van der Waals surface area contributed by atoms with Gasteiger partial charge in [-0.15, -0.1) is 0 Å². The maximum atomic E-state index is 10.3. The van der Waals surface area contributed by atoms with Crippen LogP contribution in [0.5, 0.6) is 0 Å². The third-order valence-electron chi connectivity index (χ3n) is 2.71. The summed E-state index contributed by atoms with van der Waals surface area (Å²) < 4.78 is 1.00. The molecule has 0 saturated carbocycles. The normalized spacial score (nSPS) is 12.5. The van der Waals surface area contributed by atoms with Crippen LogP contribution in [0.4, 0.5) is 0 Å². The average molecular weight is 312 g/mol. The summed E-state index contributed by atoms with van der Waals surface area (Å²) in [5.74, 6) is 0. The highest BCUT2D eigenvalue weighted by Gasteiger charge is 2.12. The van der Waals surface area contributed by atoms with E-state index in [-0.39, 0.29) is 0 Å². The number of aryl methyl sites for hydroxylation is 1. The highest BCUT2D eigenvalue weighted by atomic mass is 79.9. The Morgan fingerprint density at radius 3 is 2.35 bits per heavy atom. The van der Waals surface area contributed by atoms with Gasteiger partial charge in [0.05, 0.1) is 0 Å². The molecule has 2 rings (SSSR count). The minimum absolute atomic E-state index is 0.611. The van der Waals surface area contributed by atoms with Crippen molar-refractivity contribution in [2.24, 2.45) is 0 Å². The monoisotopic (exact) mass is 310 g/mol. The molecule has 3 heteroatoms. The number of hydrogen-bond acceptors (Lipinski definition) is 1. The lowest BCUT2D eigenvalue weighted by atomic mass is 9.98. The number of benzene rings is 2. The molecule has 0 fully saturated rings. The molecule has 0 unspecified atom stereocenters. The number of hydrogen-bond donors (Lipinski definition) is 1. The second-order valence-corrected chi connectivity index (χ2v) is 5.31. The van der Waals surface area contributed by atoms with Crippen LogP contribution < -0.4 is 0 Å². The van der Waals surface area contributed by atoms with Crippen LogP contribution in [0, 0.1) is 6.92 Å². The van der Waals surface area contributed by atoms with Crippen LogP contribution in [-0.4, -0.2) is 5.11 Å². The molecule has 17 heavy (non-hydrogen) atoms. The Kier molecular flexibility index (Phi) is 3.87. The van der Waals surface area contributed by atoms with Gasteiger partial charge >= 0.3 is 0 Å². The number of aliphatic hydroxyl groups excluding tert-OH is 1. The van der Waals surface area contributed by atoms with E-state index >= 15 is 0 Å². The van der Waals surface area contributed by atoms with Gasteiger partial charge in [0.15, 0.2) is 0 Å². The smallest absolute Gasteiger partial charge is 0.104 e. The molecule has 0 heterocycles. The van der Waals surface area contributed by atoms with Gasteiger partial charge < -0.3 is 5.11 Å². The molecule has 0 aliphatic heterocycles. The Balaban J connectivity index is 2.36. The van der Waals surface area contributed by atoms with Gasteiger partial charge in [0, 0.05) is 9.50 Å². The van der Waals surface area contributed by atoms with Gasteiger partial charge in [-0.1, -0.05) is 45.7 Å². The molecule has 0 bridgehead atoms. The number of rotatable bonds is 2.